The van der Waals surface area contributed by atoms with Gasteiger partial charge in [0.1, 0.15) is 0 Å². The van der Waals surface area contributed by atoms with Crippen LogP contribution in [0.5, 0.6) is 0 Å². The molecule has 1 aromatic carbocycles. The number of anilines is 1. The molecule has 1 atom stereocenters. The van der Waals surface area contributed by atoms with E-state index in [1.807, 2.05) is 29.2 Å². The van der Waals surface area contributed by atoms with Crippen LogP contribution in [0.2, 0.25) is 5.02 Å². The van der Waals surface area contributed by atoms with Gasteiger partial charge in [0, 0.05) is 24.9 Å². The third-order valence-corrected chi connectivity index (χ3v) is 3.78. The number of halogens is 1. The van der Waals surface area contributed by atoms with Gasteiger partial charge >= 0.3 is 6.01 Å². The standard InChI is InChI=1S/C14H16ClN3O2/c1-10-16-17-13(20-10)18-6-5-14(19,9-18)8-11-3-2-4-12(15)7-11/h2-4,7,19H,5-6,8-9H2,1H3. The number of aliphatic hydroxyl groups is 1. The van der Waals surface area contributed by atoms with Crippen LogP contribution in [0.4, 0.5) is 6.01 Å². The van der Waals surface area contributed by atoms with Crippen molar-refractivity contribution in [2.75, 3.05) is 18.0 Å². The Morgan fingerprint density at radius 3 is 3.00 bits per heavy atom. The van der Waals surface area contributed by atoms with Crippen LogP contribution in [0.1, 0.15) is 17.9 Å². The quantitative estimate of drug-likeness (QED) is 0.940. The van der Waals surface area contributed by atoms with Crippen molar-refractivity contribution >= 4 is 17.6 Å². The highest BCUT2D eigenvalue weighted by atomic mass is 35.5. The number of aromatic nitrogens is 2. The summed E-state index contributed by atoms with van der Waals surface area (Å²) in [6.45, 7) is 2.95. The normalized spacial score (nSPS) is 22.4. The Morgan fingerprint density at radius 1 is 1.45 bits per heavy atom. The molecule has 106 valence electrons. The SMILES string of the molecule is Cc1nnc(N2CCC(O)(Cc3cccc(Cl)c3)C2)o1. The van der Waals surface area contributed by atoms with Crippen molar-refractivity contribution in [1.29, 1.82) is 0 Å². The number of hydrogen-bond donors (Lipinski definition) is 1. The topological polar surface area (TPSA) is 62.4 Å². The van der Waals surface area contributed by atoms with Gasteiger partial charge in [-0.25, -0.2) is 0 Å². The third-order valence-electron chi connectivity index (χ3n) is 3.54. The Labute approximate surface area is 122 Å². The molecule has 2 heterocycles. The first-order chi connectivity index (χ1) is 9.54. The smallest absolute Gasteiger partial charge is 0.318 e. The van der Waals surface area contributed by atoms with Gasteiger partial charge in [0.25, 0.3) is 0 Å². The van der Waals surface area contributed by atoms with E-state index in [4.69, 9.17) is 16.0 Å². The molecular weight excluding hydrogens is 278 g/mol. The maximum absolute atomic E-state index is 10.7. The van der Waals surface area contributed by atoms with Gasteiger partial charge in [0.05, 0.1) is 12.1 Å². The molecule has 1 aromatic heterocycles. The van der Waals surface area contributed by atoms with Gasteiger partial charge in [0.15, 0.2) is 0 Å². The summed E-state index contributed by atoms with van der Waals surface area (Å²) in [5.41, 5.74) is 0.246. The van der Waals surface area contributed by atoms with Crippen LogP contribution < -0.4 is 4.90 Å². The van der Waals surface area contributed by atoms with Crippen molar-refractivity contribution in [3.05, 3.63) is 40.7 Å². The fourth-order valence-corrected chi connectivity index (χ4v) is 2.82. The fraction of sp³-hybridized carbons (Fsp3) is 0.429. The highest BCUT2D eigenvalue weighted by Crippen LogP contribution is 2.29. The number of aryl methyl sites for hydroxylation is 1. The lowest BCUT2D eigenvalue weighted by atomic mass is 9.94. The summed E-state index contributed by atoms with van der Waals surface area (Å²) in [4.78, 5) is 1.92. The van der Waals surface area contributed by atoms with Gasteiger partial charge in [0.2, 0.25) is 5.89 Å². The molecule has 0 saturated carbocycles. The number of β-amino-alcohol motifs (C(OH)–C–C–N with tert-alkyl or cyclic N) is 1. The fourth-order valence-electron chi connectivity index (χ4n) is 2.60. The zero-order valence-corrected chi connectivity index (χ0v) is 12.0. The van der Waals surface area contributed by atoms with E-state index in [9.17, 15) is 5.11 Å². The van der Waals surface area contributed by atoms with E-state index in [2.05, 4.69) is 10.2 Å². The molecule has 2 aromatic rings. The van der Waals surface area contributed by atoms with Crippen molar-refractivity contribution in [1.82, 2.24) is 10.2 Å². The Bertz CT molecular complexity index is 616. The molecule has 0 aliphatic carbocycles. The molecule has 0 amide bonds. The zero-order valence-electron chi connectivity index (χ0n) is 11.2. The minimum absolute atomic E-state index is 0.476. The van der Waals surface area contributed by atoms with Crippen LogP contribution in [-0.4, -0.2) is 34.0 Å². The van der Waals surface area contributed by atoms with E-state index in [1.165, 1.54) is 0 Å². The van der Waals surface area contributed by atoms with Gasteiger partial charge in [-0.1, -0.05) is 28.8 Å². The Balaban J connectivity index is 1.71. The lowest BCUT2D eigenvalue weighted by molar-refractivity contribution is 0.0634. The summed E-state index contributed by atoms with van der Waals surface area (Å²) >= 11 is 5.98. The lowest BCUT2D eigenvalue weighted by Crippen LogP contribution is -2.35. The van der Waals surface area contributed by atoms with Gasteiger partial charge < -0.3 is 14.4 Å². The molecule has 3 rings (SSSR count). The van der Waals surface area contributed by atoms with Crippen molar-refractivity contribution in [2.45, 2.75) is 25.4 Å². The number of rotatable bonds is 3. The summed E-state index contributed by atoms with van der Waals surface area (Å²) in [6.07, 6.45) is 1.23. The number of hydrogen-bond acceptors (Lipinski definition) is 5. The Kier molecular flexibility index (Phi) is 3.40. The first-order valence-electron chi connectivity index (χ1n) is 6.56. The van der Waals surface area contributed by atoms with Gasteiger partial charge in [-0.2, -0.15) is 0 Å². The molecule has 1 aliphatic heterocycles. The Hall–Kier alpha value is -1.59. The molecule has 0 radical (unpaired) electrons. The summed E-state index contributed by atoms with van der Waals surface area (Å²) < 4.78 is 5.40. The average molecular weight is 294 g/mol. The highest BCUT2D eigenvalue weighted by molar-refractivity contribution is 6.30. The molecule has 0 bridgehead atoms. The van der Waals surface area contributed by atoms with Crippen LogP contribution in [0.3, 0.4) is 0 Å². The van der Waals surface area contributed by atoms with Crippen LogP contribution in [0.15, 0.2) is 28.7 Å². The molecule has 1 aliphatic rings. The zero-order chi connectivity index (χ0) is 14.2. The Morgan fingerprint density at radius 2 is 2.30 bits per heavy atom. The predicted molar refractivity (Wildman–Crippen MR) is 76.0 cm³/mol. The summed E-state index contributed by atoms with van der Waals surface area (Å²) in [5.74, 6) is 0.533. The number of benzene rings is 1. The molecule has 1 fully saturated rings. The van der Waals surface area contributed by atoms with Crippen molar-refractivity contribution < 1.29 is 9.52 Å². The maximum atomic E-state index is 10.7. The van der Waals surface area contributed by atoms with Crippen molar-refractivity contribution in [2.24, 2.45) is 0 Å². The average Bonchev–Trinajstić information content (AvgIpc) is 2.96. The van der Waals surface area contributed by atoms with E-state index < -0.39 is 5.60 Å². The molecule has 0 spiro atoms. The second kappa shape index (κ2) is 5.07. The largest absolute Gasteiger partial charge is 0.408 e. The minimum atomic E-state index is -0.785. The lowest BCUT2D eigenvalue weighted by Gasteiger charge is -2.22. The summed E-state index contributed by atoms with van der Waals surface area (Å²) in [5, 5.41) is 19.2. The van der Waals surface area contributed by atoms with E-state index in [-0.39, 0.29) is 0 Å². The molecule has 1 unspecified atom stereocenters. The van der Waals surface area contributed by atoms with Crippen LogP contribution in [0, 0.1) is 6.92 Å². The molecular formula is C14H16ClN3O2. The first-order valence-corrected chi connectivity index (χ1v) is 6.94. The highest BCUT2D eigenvalue weighted by Gasteiger charge is 2.38. The molecule has 6 heteroatoms. The summed E-state index contributed by atoms with van der Waals surface area (Å²) in [6, 6.07) is 8.07. The van der Waals surface area contributed by atoms with Crippen molar-refractivity contribution in [3.63, 3.8) is 0 Å². The summed E-state index contributed by atoms with van der Waals surface area (Å²) in [7, 11) is 0. The molecule has 1 N–H and O–H groups in total. The first kappa shape index (κ1) is 13.4. The van der Waals surface area contributed by atoms with Crippen LogP contribution in [0.25, 0.3) is 0 Å². The van der Waals surface area contributed by atoms with Crippen molar-refractivity contribution in [3.8, 4) is 0 Å². The van der Waals surface area contributed by atoms with Crippen LogP contribution >= 0.6 is 11.6 Å². The molecule has 5 nitrogen and oxygen atoms in total. The van der Waals surface area contributed by atoms with E-state index in [1.54, 1.807) is 6.92 Å². The molecule has 1 saturated heterocycles. The van der Waals surface area contributed by atoms with Gasteiger partial charge in [-0.05, 0) is 24.1 Å². The monoisotopic (exact) mass is 293 g/mol. The minimum Gasteiger partial charge on any atom is -0.408 e. The second-order valence-electron chi connectivity index (χ2n) is 5.31. The predicted octanol–water partition coefficient (Wildman–Crippen LogP) is 2.22. The number of nitrogens with zero attached hydrogens (tertiary/aromatic N) is 3. The maximum Gasteiger partial charge on any atom is 0.318 e. The second-order valence-corrected chi connectivity index (χ2v) is 5.74. The van der Waals surface area contributed by atoms with E-state index >= 15 is 0 Å². The van der Waals surface area contributed by atoms with E-state index in [0.29, 0.717) is 42.9 Å². The third kappa shape index (κ3) is 2.78. The molecule has 20 heavy (non-hydrogen) atoms. The van der Waals surface area contributed by atoms with E-state index in [0.717, 1.165) is 5.56 Å². The van der Waals surface area contributed by atoms with Crippen LogP contribution in [-0.2, 0) is 6.42 Å². The van der Waals surface area contributed by atoms with Gasteiger partial charge in [-0.15, -0.1) is 5.10 Å². The van der Waals surface area contributed by atoms with Gasteiger partial charge in [-0.3, -0.25) is 0 Å².